The van der Waals surface area contributed by atoms with Crippen LogP contribution in [-0.2, 0) is 11.2 Å². The standard InChI is InChI=1S/C20H17F2N3O2/c1-20(21,22)27-17-9-5-4-8-15(17)25-11-16(26)18(19(25)23)14-10-12-6-2-3-7-13(12)24-14/h2-9,23-24H,10-11H2,1H3. The van der Waals surface area contributed by atoms with Crippen LogP contribution in [0.2, 0.25) is 0 Å². The number of Topliss-reactive ketones (excluding diaryl/α,β-unsaturated/α-hetero) is 1. The van der Waals surface area contributed by atoms with Crippen molar-refractivity contribution >= 4 is 23.0 Å². The number of halogens is 2. The molecule has 27 heavy (non-hydrogen) atoms. The molecule has 0 atom stereocenters. The minimum atomic E-state index is -3.36. The van der Waals surface area contributed by atoms with Gasteiger partial charge in [0.25, 0.3) is 0 Å². The fraction of sp³-hybridized carbons (Fsp3) is 0.200. The smallest absolute Gasteiger partial charge is 0.394 e. The summed E-state index contributed by atoms with van der Waals surface area (Å²) in [4.78, 5) is 14.0. The van der Waals surface area contributed by atoms with E-state index < -0.39 is 6.11 Å². The predicted molar refractivity (Wildman–Crippen MR) is 98.6 cm³/mol. The number of fused-ring (bicyclic) bond motifs is 1. The fourth-order valence-electron chi connectivity index (χ4n) is 3.39. The molecule has 4 rings (SSSR count). The number of nitrogens with one attached hydrogen (secondary N) is 2. The van der Waals surface area contributed by atoms with Gasteiger partial charge < -0.3 is 15.0 Å². The van der Waals surface area contributed by atoms with Crippen LogP contribution in [0, 0.1) is 5.41 Å². The molecular formula is C20H17F2N3O2. The zero-order valence-corrected chi connectivity index (χ0v) is 14.6. The first-order valence-electron chi connectivity index (χ1n) is 8.47. The molecule has 0 unspecified atom stereocenters. The first-order valence-corrected chi connectivity index (χ1v) is 8.47. The van der Waals surface area contributed by atoms with Crippen LogP contribution >= 0.6 is 0 Å². The van der Waals surface area contributed by atoms with Crippen LogP contribution in [-0.4, -0.2) is 24.3 Å². The average molecular weight is 369 g/mol. The molecule has 0 bridgehead atoms. The normalized spacial score (nSPS) is 19.3. The van der Waals surface area contributed by atoms with Crippen LogP contribution in [0.1, 0.15) is 12.5 Å². The van der Waals surface area contributed by atoms with Gasteiger partial charge in [-0.25, -0.2) is 0 Å². The Morgan fingerprint density at radius 2 is 1.85 bits per heavy atom. The molecule has 2 aliphatic rings. The summed E-state index contributed by atoms with van der Waals surface area (Å²) in [6.07, 6.45) is -2.84. The number of rotatable bonds is 3. The van der Waals surface area contributed by atoms with Crippen LogP contribution in [0.5, 0.6) is 5.75 Å². The molecule has 2 heterocycles. The third-order valence-corrected chi connectivity index (χ3v) is 4.50. The SMILES string of the molecule is CC(F)(F)Oc1ccccc1N1CC(=O)C(=C2Cc3ccccc3N2)C1=N. The van der Waals surface area contributed by atoms with Crippen molar-refractivity contribution in [2.24, 2.45) is 0 Å². The maximum absolute atomic E-state index is 13.3. The molecular weight excluding hydrogens is 352 g/mol. The summed E-state index contributed by atoms with van der Waals surface area (Å²) >= 11 is 0. The molecule has 0 amide bonds. The van der Waals surface area contributed by atoms with Gasteiger partial charge >= 0.3 is 6.11 Å². The van der Waals surface area contributed by atoms with Gasteiger partial charge in [-0.2, -0.15) is 8.78 Å². The van der Waals surface area contributed by atoms with E-state index in [4.69, 9.17) is 10.1 Å². The van der Waals surface area contributed by atoms with Gasteiger partial charge in [-0.15, -0.1) is 0 Å². The minimum Gasteiger partial charge on any atom is -0.431 e. The van der Waals surface area contributed by atoms with Crippen molar-refractivity contribution in [2.75, 3.05) is 16.8 Å². The van der Waals surface area contributed by atoms with E-state index in [0.29, 0.717) is 19.0 Å². The summed E-state index contributed by atoms with van der Waals surface area (Å²) in [5.74, 6) is -0.324. The van der Waals surface area contributed by atoms with Gasteiger partial charge in [-0.05, 0) is 23.8 Å². The number of hydrogen-bond acceptors (Lipinski definition) is 4. The number of alkyl halides is 2. The van der Waals surface area contributed by atoms with E-state index in [9.17, 15) is 13.6 Å². The van der Waals surface area contributed by atoms with Crippen molar-refractivity contribution in [1.82, 2.24) is 0 Å². The van der Waals surface area contributed by atoms with Crippen LogP contribution < -0.4 is 15.0 Å². The van der Waals surface area contributed by atoms with E-state index in [0.717, 1.165) is 11.3 Å². The number of nitrogens with zero attached hydrogens (tertiary/aromatic N) is 1. The lowest BCUT2D eigenvalue weighted by atomic mass is 10.1. The molecule has 1 saturated heterocycles. The largest absolute Gasteiger partial charge is 0.431 e. The highest BCUT2D eigenvalue weighted by atomic mass is 19.3. The Morgan fingerprint density at radius 3 is 2.59 bits per heavy atom. The van der Waals surface area contributed by atoms with Gasteiger partial charge in [0.1, 0.15) is 11.6 Å². The number of ether oxygens (including phenoxy) is 1. The molecule has 0 aliphatic carbocycles. The van der Waals surface area contributed by atoms with Gasteiger partial charge in [0.05, 0.1) is 17.8 Å². The van der Waals surface area contributed by atoms with Crippen molar-refractivity contribution in [1.29, 1.82) is 5.41 Å². The third kappa shape index (κ3) is 3.16. The van der Waals surface area contributed by atoms with E-state index in [-0.39, 0.29) is 35.2 Å². The lowest BCUT2D eigenvalue weighted by molar-refractivity contribution is -0.158. The first kappa shape index (κ1) is 17.2. The number of para-hydroxylation sites is 3. The van der Waals surface area contributed by atoms with Gasteiger partial charge in [0.15, 0.2) is 5.78 Å². The topological polar surface area (TPSA) is 65.4 Å². The Kier molecular flexibility index (Phi) is 3.95. The number of anilines is 2. The average Bonchev–Trinajstić information content (AvgIpc) is 3.14. The zero-order chi connectivity index (χ0) is 19.2. The summed E-state index contributed by atoms with van der Waals surface area (Å²) in [5, 5.41) is 11.7. The highest BCUT2D eigenvalue weighted by molar-refractivity contribution is 6.33. The molecule has 1 fully saturated rings. The molecule has 5 nitrogen and oxygen atoms in total. The number of carbonyl (C=O) groups is 1. The van der Waals surface area contributed by atoms with Gasteiger partial charge in [0, 0.05) is 24.7 Å². The van der Waals surface area contributed by atoms with Gasteiger partial charge in [-0.3, -0.25) is 10.2 Å². The van der Waals surface area contributed by atoms with Crippen molar-refractivity contribution < 1.29 is 18.3 Å². The summed E-state index contributed by atoms with van der Waals surface area (Å²) in [5.41, 5.74) is 3.17. The van der Waals surface area contributed by atoms with Gasteiger partial charge in [0.2, 0.25) is 0 Å². The molecule has 2 aliphatic heterocycles. The maximum atomic E-state index is 13.3. The Labute approximate surface area is 154 Å². The van der Waals surface area contributed by atoms with Crippen molar-refractivity contribution in [3.05, 3.63) is 65.4 Å². The van der Waals surface area contributed by atoms with Crippen LogP contribution in [0.15, 0.2) is 59.8 Å². The molecule has 0 spiro atoms. The molecule has 0 aromatic heterocycles. The summed E-state index contributed by atoms with van der Waals surface area (Å²) < 4.78 is 31.4. The highest BCUT2D eigenvalue weighted by Gasteiger charge is 2.37. The number of amidine groups is 1. The molecule has 7 heteroatoms. The van der Waals surface area contributed by atoms with E-state index in [1.807, 2.05) is 24.3 Å². The quantitative estimate of drug-likeness (QED) is 0.804. The molecule has 0 saturated carbocycles. The lowest BCUT2D eigenvalue weighted by Gasteiger charge is -2.22. The minimum absolute atomic E-state index is 0.0224. The molecule has 2 aromatic carbocycles. The number of benzene rings is 2. The first-order chi connectivity index (χ1) is 12.8. The van der Waals surface area contributed by atoms with E-state index >= 15 is 0 Å². The van der Waals surface area contributed by atoms with Crippen LogP contribution in [0.3, 0.4) is 0 Å². The van der Waals surface area contributed by atoms with E-state index in [2.05, 4.69) is 5.32 Å². The maximum Gasteiger partial charge on any atom is 0.394 e. The number of carbonyl (C=O) groups excluding carboxylic acids is 1. The number of hydrogen-bond donors (Lipinski definition) is 2. The summed E-state index contributed by atoms with van der Waals surface area (Å²) in [6, 6.07) is 13.9. The second-order valence-electron chi connectivity index (χ2n) is 6.55. The Bertz CT molecular complexity index is 952. The summed E-state index contributed by atoms with van der Waals surface area (Å²) in [6.45, 7) is 0.558. The monoisotopic (exact) mass is 369 g/mol. The van der Waals surface area contributed by atoms with E-state index in [1.54, 1.807) is 18.2 Å². The van der Waals surface area contributed by atoms with Crippen LogP contribution in [0.4, 0.5) is 20.2 Å². The van der Waals surface area contributed by atoms with E-state index in [1.165, 1.54) is 11.0 Å². The Hall–Kier alpha value is -3.22. The third-order valence-electron chi connectivity index (χ3n) is 4.50. The second-order valence-corrected chi connectivity index (χ2v) is 6.55. The number of allylic oxidation sites excluding steroid dienone is 1. The Balaban J connectivity index is 1.69. The van der Waals surface area contributed by atoms with Crippen molar-refractivity contribution in [3.63, 3.8) is 0 Å². The second kappa shape index (κ2) is 6.19. The molecule has 0 radical (unpaired) electrons. The van der Waals surface area contributed by atoms with Crippen molar-refractivity contribution in [3.8, 4) is 5.75 Å². The van der Waals surface area contributed by atoms with Gasteiger partial charge in [-0.1, -0.05) is 30.3 Å². The zero-order valence-electron chi connectivity index (χ0n) is 14.6. The van der Waals surface area contributed by atoms with Crippen molar-refractivity contribution in [2.45, 2.75) is 19.5 Å². The Morgan fingerprint density at radius 1 is 1.15 bits per heavy atom. The predicted octanol–water partition coefficient (Wildman–Crippen LogP) is 3.97. The molecule has 138 valence electrons. The molecule has 2 N–H and O–H groups in total. The highest BCUT2D eigenvalue weighted by Crippen LogP contribution is 2.37. The molecule has 2 aromatic rings. The summed E-state index contributed by atoms with van der Waals surface area (Å²) in [7, 11) is 0. The lowest BCUT2D eigenvalue weighted by Crippen LogP contribution is -2.27. The van der Waals surface area contributed by atoms with Crippen LogP contribution in [0.25, 0.3) is 0 Å². The number of ketones is 1. The fourth-order valence-corrected chi connectivity index (χ4v) is 3.39.